The molecule has 0 aliphatic rings. The summed E-state index contributed by atoms with van der Waals surface area (Å²) in [6, 6.07) is 12.1. The second-order valence-corrected chi connectivity index (χ2v) is 8.91. The minimum atomic E-state index is -3.65. The van der Waals surface area contributed by atoms with Crippen LogP contribution in [0.25, 0.3) is 0 Å². The maximum atomic E-state index is 12.9. The zero-order valence-corrected chi connectivity index (χ0v) is 18.5. The zero-order valence-electron chi connectivity index (χ0n) is 17.7. The monoisotopic (exact) mass is 418 g/mol. The van der Waals surface area contributed by atoms with Crippen LogP contribution in [0.1, 0.15) is 37.0 Å². The molecule has 0 aliphatic carbocycles. The molecule has 0 bridgehead atoms. The van der Waals surface area contributed by atoms with Gasteiger partial charge in [0.2, 0.25) is 15.9 Å². The number of ether oxygens (including phenoxy) is 1. The molecule has 1 amide bonds. The van der Waals surface area contributed by atoms with E-state index in [1.54, 1.807) is 19.1 Å². The Morgan fingerprint density at radius 3 is 2.41 bits per heavy atom. The topological polar surface area (TPSA) is 75.7 Å². The number of aryl methyl sites for hydroxylation is 2. The van der Waals surface area contributed by atoms with Crippen LogP contribution in [0.15, 0.2) is 42.5 Å². The average molecular weight is 419 g/mol. The molecule has 2 rings (SSSR count). The molecule has 1 atom stereocenters. The van der Waals surface area contributed by atoms with E-state index in [4.69, 9.17) is 4.74 Å². The number of hydrogen-bond donors (Lipinski definition) is 1. The maximum Gasteiger partial charge on any atom is 0.244 e. The van der Waals surface area contributed by atoms with E-state index in [-0.39, 0.29) is 5.91 Å². The number of sulfonamides is 1. The number of amides is 1. The fourth-order valence-electron chi connectivity index (χ4n) is 3.14. The first-order valence-electron chi connectivity index (χ1n) is 9.73. The second kappa shape index (κ2) is 9.78. The van der Waals surface area contributed by atoms with Crippen LogP contribution in [-0.2, 0) is 21.4 Å². The Morgan fingerprint density at radius 2 is 1.83 bits per heavy atom. The summed E-state index contributed by atoms with van der Waals surface area (Å²) in [4.78, 5) is 12.9. The molecule has 0 fully saturated rings. The second-order valence-electron chi connectivity index (χ2n) is 7.05. The molecule has 7 heteroatoms. The molecule has 0 aliphatic heterocycles. The van der Waals surface area contributed by atoms with Crippen LogP contribution < -0.4 is 14.4 Å². The zero-order chi connectivity index (χ0) is 21.6. The Morgan fingerprint density at radius 1 is 1.10 bits per heavy atom. The number of rotatable bonds is 9. The minimum Gasteiger partial charge on any atom is -0.494 e. The summed E-state index contributed by atoms with van der Waals surface area (Å²) in [5.41, 5.74) is 3.42. The summed E-state index contributed by atoms with van der Waals surface area (Å²) in [6.45, 7) is 8.45. The van der Waals surface area contributed by atoms with Gasteiger partial charge in [-0.05, 0) is 68.1 Å². The smallest absolute Gasteiger partial charge is 0.244 e. The van der Waals surface area contributed by atoms with Crippen LogP contribution >= 0.6 is 0 Å². The molecular formula is C22H30N2O4S. The van der Waals surface area contributed by atoms with E-state index >= 15 is 0 Å². The first kappa shape index (κ1) is 22.7. The molecule has 0 aromatic heterocycles. The number of nitrogens with one attached hydrogen (secondary N) is 1. The fraction of sp³-hybridized carbons (Fsp3) is 0.409. The van der Waals surface area contributed by atoms with Crippen LogP contribution in [-0.4, -0.2) is 33.2 Å². The van der Waals surface area contributed by atoms with Gasteiger partial charge in [-0.1, -0.05) is 25.1 Å². The first-order chi connectivity index (χ1) is 13.7. The maximum absolute atomic E-state index is 12.9. The van der Waals surface area contributed by atoms with Crippen molar-refractivity contribution in [2.75, 3.05) is 17.2 Å². The van der Waals surface area contributed by atoms with E-state index in [1.165, 1.54) is 4.31 Å². The lowest BCUT2D eigenvalue weighted by Crippen LogP contribution is -2.49. The van der Waals surface area contributed by atoms with Crippen molar-refractivity contribution >= 4 is 21.6 Å². The van der Waals surface area contributed by atoms with E-state index in [2.05, 4.69) is 5.32 Å². The van der Waals surface area contributed by atoms with Gasteiger partial charge in [0.15, 0.2) is 0 Å². The van der Waals surface area contributed by atoms with Crippen molar-refractivity contribution in [1.29, 1.82) is 0 Å². The van der Waals surface area contributed by atoms with E-state index in [0.29, 0.717) is 25.3 Å². The van der Waals surface area contributed by atoms with Crippen molar-refractivity contribution in [1.82, 2.24) is 5.32 Å². The Balaban J connectivity index is 2.24. The van der Waals surface area contributed by atoms with Crippen molar-refractivity contribution in [3.8, 4) is 5.75 Å². The predicted molar refractivity (Wildman–Crippen MR) is 117 cm³/mol. The van der Waals surface area contributed by atoms with Gasteiger partial charge in [-0.3, -0.25) is 9.10 Å². The van der Waals surface area contributed by atoms with Crippen LogP contribution in [0.3, 0.4) is 0 Å². The Labute approximate surface area is 173 Å². The molecule has 6 nitrogen and oxygen atoms in total. The third-order valence-electron chi connectivity index (χ3n) is 4.75. The molecule has 0 heterocycles. The van der Waals surface area contributed by atoms with Gasteiger partial charge in [0.1, 0.15) is 11.8 Å². The van der Waals surface area contributed by atoms with Gasteiger partial charge in [0.25, 0.3) is 0 Å². The van der Waals surface area contributed by atoms with E-state index in [1.807, 2.05) is 51.1 Å². The highest BCUT2D eigenvalue weighted by atomic mass is 32.2. The highest BCUT2D eigenvalue weighted by Crippen LogP contribution is 2.25. The van der Waals surface area contributed by atoms with E-state index < -0.39 is 16.1 Å². The summed E-state index contributed by atoms with van der Waals surface area (Å²) in [5.74, 6) is 0.400. The lowest BCUT2D eigenvalue weighted by Gasteiger charge is -2.30. The molecular weight excluding hydrogens is 388 g/mol. The number of anilines is 1. The molecule has 2 aromatic rings. The Bertz CT molecular complexity index is 957. The number of benzene rings is 2. The molecule has 0 radical (unpaired) electrons. The summed E-state index contributed by atoms with van der Waals surface area (Å²) < 4.78 is 31.8. The van der Waals surface area contributed by atoms with Crippen LogP contribution in [0, 0.1) is 13.8 Å². The van der Waals surface area contributed by atoms with Gasteiger partial charge < -0.3 is 10.1 Å². The van der Waals surface area contributed by atoms with Gasteiger partial charge in [0, 0.05) is 6.54 Å². The van der Waals surface area contributed by atoms with Gasteiger partial charge in [0.05, 0.1) is 18.6 Å². The normalized spacial score (nSPS) is 12.3. The lowest BCUT2D eigenvalue weighted by atomic mass is 10.1. The van der Waals surface area contributed by atoms with Crippen molar-refractivity contribution in [3.63, 3.8) is 0 Å². The lowest BCUT2D eigenvalue weighted by molar-refractivity contribution is -0.122. The van der Waals surface area contributed by atoms with E-state index in [9.17, 15) is 13.2 Å². The van der Waals surface area contributed by atoms with Crippen molar-refractivity contribution in [3.05, 3.63) is 59.2 Å². The largest absolute Gasteiger partial charge is 0.494 e. The quantitative estimate of drug-likeness (QED) is 0.676. The number of hydrogen-bond acceptors (Lipinski definition) is 4. The summed E-state index contributed by atoms with van der Waals surface area (Å²) in [6.07, 6.45) is 1.48. The van der Waals surface area contributed by atoms with Gasteiger partial charge in [-0.25, -0.2) is 8.42 Å². The molecule has 29 heavy (non-hydrogen) atoms. The van der Waals surface area contributed by atoms with Gasteiger partial charge in [-0.15, -0.1) is 0 Å². The Hall–Kier alpha value is -2.54. The van der Waals surface area contributed by atoms with E-state index in [0.717, 1.165) is 28.7 Å². The number of nitrogens with zero attached hydrogens (tertiary/aromatic N) is 1. The summed E-state index contributed by atoms with van der Waals surface area (Å²) in [7, 11) is -3.65. The number of carbonyl (C=O) groups excluding carboxylic acids is 1. The average Bonchev–Trinajstić information content (AvgIpc) is 2.66. The van der Waals surface area contributed by atoms with Gasteiger partial charge in [-0.2, -0.15) is 0 Å². The highest BCUT2D eigenvalue weighted by Gasteiger charge is 2.31. The Kier molecular flexibility index (Phi) is 7.67. The molecule has 158 valence electrons. The SMILES string of the molecule is CCOc1cccc(CNC(=O)[C@@H](CC)N(c2ccc(C)c(C)c2)S(C)(=O)=O)c1. The van der Waals surface area contributed by atoms with Crippen LogP contribution in [0.2, 0.25) is 0 Å². The van der Waals surface area contributed by atoms with Crippen molar-refractivity contribution < 1.29 is 17.9 Å². The third-order valence-corrected chi connectivity index (χ3v) is 5.93. The standard InChI is InChI=1S/C22H30N2O4S/c1-6-21(22(25)23-15-18-9-8-10-20(14-18)28-7-2)24(29(5,26)27)19-12-11-16(3)17(4)13-19/h8-14,21H,6-7,15H2,1-5H3,(H,23,25)/t21-/m1/s1. The number of carbonyl (C=O) groups is 1. The minimum absolute atomic E-state index is 0.292. The third kappa shape index (κ3) is 5.97. The van der Waals surface area contributed by atoms with Crippen LogP contribution in [0.4, 0.5) is 5.69 Å². The van der Waals surface area contributed by atoms with Crippen molar-refractivity contribution in [2.24, 2.45) is 0 Å². The predicted octanol–water partition coefficient (Wildman–Crippen LogP) is 3.56. The molecule has 0 spiro atoms. The first-order valence-corrected chi connectivity index (χ1v) is 11.6. The van der Waals surface area contributed by atoms with Crippen LogP contribution in [0.5, 0.6) is 5.75 Å². The molecule has 0 unspecified atom stereocenters. The molecule has 0 saturated heterocycles. The molecule has 0 saturated carbocycles. The van der Waals surface area contributed by atoms with Gasteiger partial charge >= 0.3 is 0 Å². The summed E-state index contributed by atoms with van der Waals surface area (Å²) >= 11 is 0. The highest BCUT2D eigenvalue weighted by molar-refractivity contribution is 7.92. The van der Waals surface area contributed by atoms with Crippen molar-refractivity contribution in [2.45, 2.75) is 46.7 Å². The summed E-state index contributed by atoms with van der Waals surface area (Å²) in [5, 5.41) is 2.87. The fourth-order valence-corrected chi connectivity index (χ4v) is 4.35. The molecule has 2 aromatic carbocycles. The molecule has 1 N–H and O–H groups in total.